The van der Waals surface area contributed by atoms with Crippen LogP contribution in [-0.4, -0.2) is 38.3 Å². The standard InChI is InChI=1S/C14H22FN3O/c1-3-16-7-12-6-13(15)8-17-14(12)18-5-4-11(9-18)10-19-2/h6,8,11,16H,3-5,7,9-10H2,1-2H3. The Bertz CT molecular complexity index is 414. The van der Waals surface area contributed by atoms with Crippen molar-refractivity contribution in [1.82, 2.24) is 10.3 Å². The Morgan fingerprint density at radius 2 is 2.42 bits per heavy atom. The van der Waals surface area contributed by atoms with Gasteiger partial charge in [-0.1, -0.05) is 6.92 Å². The molecular weight excluding hydrogens is 245 g/mol. The maximum Gasteiger partial charge on any atom is 0.141 e. The van der Waals surface area contributed by atoms with Gasteiger partial charge in [0.1, 0.15) is 11.6 Å². The van der Waals surface area contributed by atoms with Crippen molar-refractivity contribution in [2.75, 3.05) is 38.3 Å². The van der Waals surface area contributed by atoms with E-state index in [2.05, 4.69) is 15.2 Å². The van der Waals surface area contributed by atoms with Gasteiger partial charge < -0.3 is 15.0 Å². The maximum atomic E-state index is 13.3. The number of aromatic nitrogens is 1. The van der Waals surface area contributed by atoms with Crippen molar-refractivity contribution in [3.63, 3.8) is 0 Å². The van der Waals surface area contributed by atoms with Crippen LogP contribution in [0.1, 0.15) is 18.9 Å². The molecule has 1 atom stereocenters. The third-order valence-corrected chi connectivity index (χ3v) is 3.46. The highest BCUT2D eigenvalue weighted by Gasteiger charge is 2.25. The molecule has 4 nitrogen and oxygen atoms in total. The molecule has 106 valence electrons. The van der Waals surface area contributed by atoms with E-state index in [0.29, 0.717) is 12.5 Å². The van der Waals surface area contributed by atoms with Crippen LogP contribution in [0.4, 0.5) is 10.2 Å². The van der Waals surface area contributed by atoms with Gasteiger partial charge in [0.05, 0.1) is 12.8 Å². The molecule has 0 aliphatic carbocycles. The van der Waals surface area contributed by atoms with Crippen LogP contribution >= 0.6 is 0 Å². The second kappa shape index (κ2) is 6.82. The Hall–Kier alpha value is -1.20. The zero-order valence-corrected chi connectivity index (χ0v) is 11.7. The lowest BCUT2D eigenvalue weighted by Gasteiger charge is -2.21. The van der Waals surface area contributed by atoms with E-state index in [4.69, 9.17) is 4.74 Å². The topological polar surface area (TPSA) is 37.4 Å². The summed E-state index contributed by atoms with van der Waals surface area (Å²) in [5.74, 6) is 1.18. The number of hydrogen-bond donors (Lipinski definition) is 1. The van der Waals surface area contributed by atoms with E-state index in [0.717, 1.165) is 44.0 Å². The number of anilines is 1. The average Bonchev–Trinajstić information content (AvgIpc) is 2.85. The van der Waals surface area contributed by atoms with Gasteiger partial charge in [0.15, 0.2) is 0 Å². The SMILES string of the molecule is CCNCc1cc(F)cnc1N1CCC(COC)C1. The lowest BCUT2D eigenvalue weighted by Crippen LogP contribution is -2.25. The third kappa shape index (κ3) is 3.64. The molecule has 0 radical (unpaired) electrons. The zero-order valence-electron chi connectivity index (χ0n) is 11.7. The van der Waals surface area contributed by atoms with Crippen molar-refractivity contribution in [2.24, 2.45) is 5.92 Å². The van der Waals surface area contributed by atoms with Gasteiger partial charge in [-0.2, -0.15) is 0 Å². The molecular formula is C14H22FN3O. The van der Waals surface area contributed by atoms with E-state index < -0.39 is 0 Å². The van der Waals surface area contributed by atoms with E-state index in [-0.39, 0.29) is 5.82 Å². The number of hydrogen-bond acceptors (Lipinski definition) is 4. The van der Waals surface area contributed by atoms with Gasteiger partial charge in [-0.25, -0.2) is 9.37 Å². The Morgan fingerprint density at radius 3 is 3.16 bits per heavy atom. The summed E-state index contributed by atoms with van der Waals surface area (Å²) in [6.07, 6.45) is 2.40. The molecule has 1 saturated heterocycles. The third-order valence-electron chi connectivity index (χ3n) is 3.46. The second-order valence-electron chi connectivity index (χ2n) is 4.97. The first-order chi connectivity index (χ1) is 9.24. The molecule has 1 unspecified atom stereocenters. The van der Waals surface area contributed by atoms with Crippen molar-refractivity contribution < 1.29 is 9.13 Å². The molecule has 1 aromatic heterocycles. The first kappa shape index (κ1) is 14.2. The molecule has 1 aliphatic rings. The van der Waals surface area contributed by atoms with Crippen LogP contribution in [0.25, 0.3) is 0 Å². The van der Waals surface area contributed by atoms with Gasteiger partial charge in [0.2, 0.25) is 0 Å². The molecule has 5 heteroatoms. The molecule has 1 N–H and O–H groups in total. The lowest BCUT2D eigenvalue weighted by atomic mass is 10.1. The van der Waals surface area contributed by atoms with Gasteiger partial charge in [-0.15, -0.1) is 0 Å². The zero-order chi connectivity index (χ0) is 13.7. The summed E-state index contributed by atoms with van der Waals surface area (Å²) in [6.45, 7) is 6.23. The minimum atomic E-state index is -0.274. The molecule has 0 spiro atoms. The summed E-state index contributed by atoms with van der Waals surface area (Å²) in [5, 5.41) is 3.23. The van der Waals surface area contributed by atoms with E-state index in [9.17, 15) is 4.39 Å². The summed E-state index contributed by atoms with van der Waals surface area (Å²) < 4.78 is 18.5. The van der Waals surface area contributed by atoms with Crippen LogP contribution in [0.15, 0.2) is 12.3 Å². The predicted octanol–water partition coefficient (Wildman–Crippen LogP) is 1.80. The van der Waals surface area contributed by atoms with E-state index in [1.165, 1.54) is 6.20 Å². The molecule has 2 rings (SSSR count). The first-order valence-corrected chi connectivity index (χ1v) is 6.83. The van der Waals surface area contributed by atoms with Crippen LogP contribution in [0.5, 0.6) is 0 Å². The summed E-state index contributed by atoms with van der Waals surface area (Å²) in [4.78, 5) is 6.51. The second-order valence-corrected chi connectivity index (χ2v) is 4.97. The van der Waals surface area contributed by atoms with Crippen molar-refractivity contribution in [1.29, 1.82) is 0 Å². The lowest BCUT2D eigenvalue weighted by molar-refractivity contribution is 0.161. The number of pyridine rings is 1. The van der Waals surface area contributed by atoms with Gasteiger partial charge in [-0.05, 0) is 19.0 Å². The summed E-state index contributed by atoms with van der Waals surface area (Å²) in [5.41, 5.74) is 0.930. The summed E-state index contributed by atoms with van der Waals surface area (Å²) in [6, 6.07) is 1.58. The van der Waals surface area contributed by atoms with E-state index >= 15 is 0 Å². The monoisotopic (exact) mass is 267 g/mol. The fraction of sp³-hybridized carbons (Fsp3) is 0.643. The van der Waals surface area contributed by atoms with Crippen LogP contribution < -0.4 is 10.2 Å². The highest BCUT2D eigenvalue weighted by Crippen LogP contribution is 2.25. The maximum absolute atomic E-state index is 13.3. The first-order valence-electron chi connectivity index (χ1n) is 6.83. The van der Waals surface area contributed by atoms with Gasteiger partial charge in [0, 0.05) is 38.2 Å². The molecule has 1 fully saturated rings. The fourth-order valence-electron chi connectivity index (χ4n) is 2.55. The van der Waals surface area contributed by atoms with Crippen LogP contribution in [0.2, 0.25) is 0 Å². The Balaban J connectivity index is 2.10. The molecule has 0 saturated carbocycles. The van der Waals surface area contributed by atoms with Crippen LogP contribution in [0.3, 0.4) is 0 Å². The number of methoxy groups -OCH3 is 1. The smallest absolute Gasteiger partial charge is 0.141 e. The number of nitrogens with one attached hydrogen (secondary N) is 1. The normalized spacial score (nSPS) is 19.1. The Labute approximate surface area is 114 Å². The van der Waals surface area contributed by atoms with Crippen LogP contribution in [0, 0.1) is 11.7 Å². The number of ether oxygens (including phenoxy) is 1. The van der Waals surface area contributed by atoms with Crippen molar-refractivity contribution >= 4 is 5.82 Å². The highest BCUT2D eigenvalue weighted by molar-refractivity contribution is 5.47. The van der Waals surface area contributed by atoms with Crippen molar-refractivity contribution in [3.8, 4) is 0 Å². The van der Waals surface area contributed by atoms with Gasteiger partial charge >= 0.3 is 0 Å². The quantitative estimate of drug-likeness (QED) is 0.853. The van der Waals surface area contributed by atoms with Crippen molar-refractivity contribution in [2.45, 2.75) is 19.9 Å². The minimum absolute atomic E-state index is 0.274. The van der Waals surface area contributed by atoms with Crippen LogP contribution in [-0.2, 0) is 11.3 Å². The fourth-order valence-corrected chi connectivity index (χ4v) is 2.55. The van der Waals surface area contributed by atoms with E-state index in [1.54, 1.807) is 13.2 Å². The molecule has 0 amide bonds. The summed E-state index contributed by atoms with van der Waals surface area (Å²) in [7, 11) is 1.73. The Morgan fingerprint density at radius 1 is 1.58 bits per heavy atom. The average molecular weight is 267 g/mol. The van der Waals surface area contributed by atoms with Crippen molar-refractivity contribution in [3.05, 3.63) is 23.6 Å². The van der Waals surface area contributed by atoms with E-state index in [1.807, 2.05) is 6.92 Å². The number of nitrogens with zero attached hydrogens (tertiary/aromatic N) is 2. The molecule has 0 bridgehead atoms. The molecule has 19 heavy (non-hydrogen) atoms. The highest BCUT2D eigenvalue weighted by atomic mass is 19.1. The van der Waals surface area contributed by atoms with Gasteiger partial charge in [0.25, 0.3) is 0 Å². The number of rotatable bonds is 6. The molecule has 1 aromatic rings. The largest absolute Gasteiger partial charge is 0.384 e. The number of halogens is 1. The molecule has 2 heterocycles. The molecule has 1 aliphatic heterocycles. The predicted molar refractivity (Wildman–Crippen MR) is 73.8 cm³/mol. The Kier molecular flexibility index (Phi) is 5.10. The summed E-state index contributed by atoms with van der Waals surface area (Å²) >= 11 is 0. The minimum Gasteiger partial charge on any atom is -0.384 e. The van der Waals surface area contributed by atoms with Gasteiger partial charge in [-0.3, -0.25) is 0 Å². The molecule has 0 aromatic carbocycles.